The maximum atomic E-state index is 13.1. The number of fused-ring (bicyclic) bond motifs is 1. The number of aryl methyl sites for hydroxylation is 1. The molecule has 0 aliphatic carbocycles. The van der Waals surface area contributed by atoms with E-state index >= 15 is 0 Å². The number of ether oxygens (including phenoxy) is 1. The summed E-state index contributed by atoms with van der Waals surface area (Å²) in [6.07, 6.45) is 1.69. The summed E-state index contributed by atoms with van der Waals surface area (Å²) >= 11 is 0. The summed E-state index contributed by atoms with van der Waals surface area (Å²) < 4.78 is 7.34. The maximum absolute atomic E-state index is 13.1. The van der Waals surface area contributed by atoms with E-state index in [2.05, 4.69) is 84.3 Å². The van der Waals surface area contributed by atoms with Gasteiger partial charge in [0.15, 0.2) is 5.82 Å². The van der Waals surface area contributed by atoms with Gasteiger partial charge in [-0.05, 0) is 73.9 Å². The van der Waals surface area contributed by atoms with Gasteiger partial charge in [-0.25, -0.2) is 4.68 Å². The summed E-state index contributed by atoms with van der Waals surface area (Å²) in [6, 6.07) is 16.1. The molecule has 0 fully saturated rings. The number of rotatable bonds is 10. The second kappa shape index (κ2) is 10.6. The average Bonchev–Trinajstić information content (AvgIpc) is 3.36. The first-order valence-corrected chi connectivity index (χ1v) is 12.5. The fourth-order valence-electron chi connectivity index (χ4n) is 4.48. The van der Waals surface area contributed by atoms with E-state index < -0.39 is 0 Å². The van der Waals surface area contributed by atoms with Crippen LogP contribution in [0.1, 0.15) is 69.1 Å². The van der Waals surface area contributed by atoms with Gasteiger partial charge in [-0.2, -0.15) is 0 Å². The summed E-state index contributed by atoms with van der Waals surface area (Å²) in [5, 5.41) is 13.8. The van der Waals surface area contributed by atoms with Crippen molar-refractivity contribution < 1.29 is 4.74 Å². The molecule has 0 radical (unpaired) electrons. The van der Waals surface area contributed by atoms with Crippen molar-refractivity contribution in [1.82, 2.24) is 30.1 Å². The molecule has 2 aromatic carbocycles. The Morgan fingerprint density at radius 2 is 1.83 bits per heavy atom. The van der Waals surface area contributed by atoms with Crippen LogP contribution >= 0.6 is 0 Å². The molecule has 2 aromatic heterocycles. The van der Waals surface area contributed by atoms with E-state index in [0.29, 0.717) is 18.7 Å². The first kappa shape index (κ1) is 25.6. The van der Waals surface area contributed by atoms with Crippen molar-refractivity contribution in [2.24, 2.45) is 0 Å². The van der Waals surface area contributed by atoms with Crippen LogP contribution < -0.4 is 10.3 Å². The first-order chi connectivity index (χ1) is 17.2. The zero-order valence-electron chi connectivity index (χ0n) is 22.1. The molecule has 0 amide bonds. The van der Waals surface area contributed by atoms with Gasteiger partial charge in [-0.1, -0.05) is 43.7 Å². The SMILES string of the molecule is CC[C@H](c1nnnn1C(C)(C)CC)N(Cc1ccc(C)cc1)Cc1cc2cc(OC)ccc2[nH]c1=O. The number of H-pyrrole nitrogens is 1. The summed E-state index contributed by atoms with van der Waals surface area (Å²) in [7, 11) is 1.64. The Morgan fingerprint density at radius 1 is 1.08 bits per heavy atom. The topological polar surface area (TPSA) is 88.9 Å². The number of methoxy groups -OCH3 is 1. The second-order valence-corrected chi connectivity index (χ2v) is 10.0. The zero-order valence-corrected chi connectivity index (χ0v) is 22.1. The lowest BCUT2D eigenvalue weighted by Crippen LogP contribution is -2.36. The summed E-state index contributed by atoms with van der Waals surface area (Å²) in [6.45, 7) is 11.8. The molecule has 0 spiro atoms. The Bertz CT molecular complexity index is 1370. The number of hydrogen-bond donors (Lipinski definition) is 1. The van der Waals surface area contributed by atoms with E-state index in [1.165, 1.54) is 11.1 Å². The molecule has 0 unspecified atom stereocenters. The highest BCUT2D eigenvalue weighted by Gasteiger charge is 2.31. The number of hydrogen-bond acceptors (Lipinski definition) is 6. The first-order valence-electron chi connectivity index (χ1n) is 12.5. The van der Waals surface area contributed by atoms with E-state index in [-0.39, 0.29) is 17.1 Å². The van der Waals surface area contributed by atoms with E-state index in [1.807, 2.05) is 28.9 Å². The quantitative estimate of drug-likeness (QED) is 0.333. The number of benzene rings is 2. The number of tetrazole rings is 1. The van der Waals surface area contributed by atoms with Crippen LogP contribution in [0.3, 0.4) is 0 Å². The van der Waals surface area contributed by atoms with Crippen molar-refractivity contribution >= 4 is 10.9 Å². The van der Waals surface area contributed by atoms with Crippen molar-refractivity contribution in [3.05, 3.63) is 81.4 Å². The predicted octanol–water partition coefficient (Wildman–Crippen LogP) is 5.13. The zero-order chi connectivity index (χ0) is 25.9. The molecule has 8 nitrogen and oxygen atoms in total. The molecular weight excluding hydrogens is 452 g/mol. The molecule has 4 rings (SSSR count). The summed E-state index contributed by atoms with van der Waals surface area (Å²) in [5.74, 6) is 1.57. The molecule has 36 heavy (non-hydrogen) atoms. The van der Waals surface area contributed by atoms with Crippen molar-refractivity contribution in [1.29, 1.82) is 0 Å². The fourth-order valence-corrected chi connectivity index (χ4v) is 4.48. The van der Waals surface area contributed by atoms with E-state index in [9.17, 15) is 4.79 Å². The minimum atomic E-state index is -0.223. The number of pyridine rings is 1. The Labute approximate surface area is 212 Å². The fraction of sp³-hybridized carbons (Fsp3) is 0.429. The van der Waals surface area contributed by atoms with Gasteiger partial charge in [-0.3, -0.25) is 9.69 Å². The Kier molecular flexibility index (Phi) is 7.54. The van der Waals surface area contributed by atoms with Crippen molar-refractivity contribution in [3.8, 4) is 5.75 Å². The Morgan fingerprint density at radius 3 is 2.50 bits per heavy atom. The third kappa shape index (κ3) is 5.33. The molecule has 1 N–H and O–H groups in total. The van der Waals surface area contributed by atoms with Crippen LogP contribution in [0, 0.1) is 6.92 Å². The molecule has 0 aliphatic rings. The number of aromatic amines is 1. The smallest absolute Gasteiger partial charge is 0.252 e. The monoisotopic (exact) mass is 488 g/mol. The van der Waals surface area contributed by atoms with Gasteiger partial charge in [0.25, 0.3) is 5.56 Å². The van der Waals surface area contributed by atoms with Gasteiger partial charge in [-0.15, -0.1) is 5.10 Å². The van der Waals surface area contributed by atoms with Gasteiger partial charge >= 0.3 is 0 Å². The lowest BCUT2D eigenvalue weighted by molar-refractivity contribution is 0.150. The lowest BCUT2D eigenvalue weighted by Gasteiger charge is -2.33. The molecule has 1 atom stereocenters. The normalized spacial score (nSPS) is 12.9. The summed E-state index contributed by atoms with van der Waals surface area (Å²) in [4.78, 5) is 18.5. The number of aromatic nitrogens is 5. The predicted molar refractivity (Wildman–Crippen MR) is 142 cm³/mol. The van der Waals surface area contributed by atoms with Gasteiger partial charge in [0.05, 0.1) is 18.7 Å². The van der Waals surface area contributed by atoms with Gasteiger partial charge in [0.1, 0.15) is 5.75 Å². The van der Waals surface area contributed by atoms with Crippen LogP contribution in [0.25, 0.3) is 10.9 Å². The van der Waals surface area contributed by atoms with E-state index in [0.717, 1.165) is 35.3 Å². The third-order valence-corrected chi connectivity index (χ3v) is 7.07. The molecule has 0 aliphatic heterocycles. The van der Waals surface area contributed by atoms with Gasteiger partial charge in [0.2, 0.25) is 0 Å². The largest absolute Gasteiger partial charge is 0.497 e. The molecule has 8 heteroatoms. The van der Waals surface area contributed by atoms with Gasteiger partial charge in [0, 0.05) is 29.6 Å². The van der Waals surface area contributed by atoms with Crippen LogP contribution in [0.15, 0.2) is 53.3 Å². The van der Waals surface area contributed by atoms with Crippen LogP contribution in [0.5, 0.6) is 5.75 Å². The second-order valence-electron chi connectivity index (χ2n) is 10.0. The van der Waals surface area contributed by atoms with E-state index in [1.54, 1.807) is 7.11 Å². The third-order valence-electron chi connectivity index (χ3n) is 7.07. The van der Waals surface area contributed by atoms with Crippen LogP contribution in [0.4, 0.5) is 0 Å². The average molecular weight is 489 g/mol. The van der Waals surface area contributed by atoms with Crippen molar-refractivity contribution in [3.63, 3.8) is 0 Å². The van der Waals surface area contributed by atoms with Crippen LogP contribution in [0.2, 0.25) is 0 Å². The summed E-state index contributed by atoms with van der Waals surface area (Å²) in [5.41, 5.74) is 3.55. The lowest BCUT2D eigenvalue weighted by atomic mass is 10.0. The van der Waals surface area contributed by atoms with E-state index in [4.69, 9.17) is 4.74 Å². The highest BCUT2D eigenvalue weighted by atomic mass is 16.5. The minimum absolute atomic E-state index is 0.0764. The number of nitrogens with one attached hydrogen (secondary N) is 1. The molecule has 0 saturated carbocycles. The molecule has 0 saturated heterocycles. The molecule has 190 valence electrons. The Hall–Kier alpha value is -3.52. The minimum Gasteiger partial charge on any atom is -0.497 e. The van der Waals surface area contributed by atoms with Gasteiger partial charge < -0.3 is 9.72 Å². The van der Waals surface area contributed by atoms with Crippen molar-refractivity contribution in [2.75, 3.05) is 7.11 Å². The highest BCUT2D eigenvalue weighted by Crippen LogP contribution is 2.30. The molecule has 4 aromatic rings. The molecule has 2 heterocycles. The molecule has 0 bridgehead atoms. The van der Waals surface area contributed by atoms with Crippen molar-refractivity contribution in [2.45, 2.75) is 72.1 Å². The van der Waals surface area contributed by atoms with Crippen LogP contribution in [-0.4, -0.2) is 37.2 Å². The van der Waals surface area contributed by atoms with Crippen LogP contribution in [-0.2, 0) is 18.6 Å². The highest BCUT2D eigenvalue weighted by molar-refractivity contribution is 5.80. The maximum Gasteiger partial charge on any atom is 0.252 e. The Balaban J connectivity index is 1.77. The molecular formula is C28H36N6O2. The standard InChI is InChI=1S/C28H36N6O2/c1-7-25(26-30-31-32-34(26)28(4,5)8-2)33(17-20-11-9-19(3)10-12-20)18-22-15-21-16-23(36-6)13-14-24(21)29-27(22)35/h9-16,25H,7-8,17-18H2,1-6H3,(H,29,35)/t25-/m1/s1. The number of nitrogens with zero attached hydrogens (tertiary/aromatic N) is 5.